The molecule has 1 saturated heterocycles. The topological polar surface area (TPSA) is 90.4 Å². The van der Waals surface area contributed by atoms with Crippen LogP contribution < -0.4 is 16.8 Å². The Balaban J connectivity index is 2.27. The third kappa shape index (κ3) is 2.86. The van der Waals surface area contributed by atoms with Gasteiger partial charge in [0, 0.05) is 24.9 Å². The summed E-state index contributed by atoms with van der Waals surface area (Å²) in [5.74, 6) is -0.543. The van der Waals surface area contributed by atoms with Crippen LogP contribution in [0.1, 0.15) is 23.2 Å². The average Bonchev–Trinajstić information content (AvgIpc) is 2.33. The molecule has 0 spiro atoms. The summed E-state index contributed by atoms with van der Waals surface area (Å²) in [6.45, 7) is 1.41. The van der Waals surface area contributed by atoms with Crippen LogP contribution in [-0.2, 0) is 4.74 Å². The van der Waals surface area contributed by atoms with Gasteiger partial charge in [0.05, 0.1) is 16.3 Å². The molecule has 0 atom stereocenters. The van der Waals surface area contributed by atoms with Crippen molar-refractivity contribution < 1.29 is 9.53 Å². The van der Waals surface area contributed by atoms with Crippen molar-refractivity contribution in [2.45, 2.75) is 18.9 Å². The number of nitrogens with two attached hydrogens (primary N) is 2. The highest BCUT2D eigenvalue weighted by molar-refractivity contribution is 6.34. The molecule has 0 aliphatic carbocycles. The van der Waals surface area contributed by atoms with Gasteiger partial charge in [0.25, 0.3) is 5.91 Å². The predicted octanol–water partition coefficient (Wildman–Crippen LogP) is 1.61. The lowest BCUT2D eigenvalue weighted by Gasteiger charge is -2.25. The molecule has 1 aromatic carbocycles. The zero-order valence-electron chi connectivity index (χ0n) is 9.91. The number of hydrogen-bond acceptors (Lipinski definition) is 4. The van der Waals surface area contributed by atoms with Gasteiger partial charge in [0.15, 0.2) is 0 Å². The first-order chi connectivity index (χ1) is 8.58. The van der Waals surface area contributed by atoms with Crippen LogP contribution >= 0.6 is 11.6 Å². The molecule has 0 radical (unpaired) electrons. The summed E-state index contributed by atoms with van der Waals surface area (Å²) < 4.78 is 5.28. The van der Waals surface area contributed by atoms with E-state index in [0.717, 1.165) is 12.8 Å². The maximum atomic E-state index is 11.4. The summed E-state index contributed by atoms with van der Waals surface area (Å²) in [5, 5.41) is 3.67. The van der Waals surface area contributed by atoms with Crippen molar-refractivity contribution in [2.75, 3.05) is 24.3 Å². The molecule has 6 heteroatoms. The first-order valence-electron chi connectivity index (χ1n) is 5.81. The first-order valence-corrected chi connectivity index (χ1v) is 6.19. The molecule has 1 fully saturated rings. The minimum atomic E-state index is -0.543. The van der Waals surface area contributed by atoms with E-state index in [1.165, 1.54) is 6.07 Å². The van der Waals surface area contributed by atoms with Crippen molar-refractivity contribution >= 4 is 28.9 Å². The van der Waals surface area contributed by atoms with Gasteiger partial charge in [-0.25, -0.2) is 0 Å². The number of ether oxygens (including phenoxy) is 1. The van der Waals surface area contributed by atoms with Gasteiger partial charge in [0.2, 0.25) is 0 Å². The highest BCUT2D eigenvalue weighted by atomic mass is 35.5. The fourth-order valence-corrected chi connectivity index (χ4v) is 2.30. The number of carbonyl (C=O) groups excluding carboxylic acids is 1. The smallest absolute Gasteiger partial charge is 0.250 e. The van der Waals surface area contributed by atoms with Crippen LogP contribution in [0.2, 0.25) is 5.02 Å². The largest absolute Gasteiger partial charge is 0.399 e. The summed E-state index contributed by atoms with van der Waals surface area (Å²) in [6, 6.07) is 3.38. The van der Waals surface area contributed by atoms with Gasteiger partial charge in [-0.05, 0) is 25.0 Å². The maximum Gasteiger partial charge on any atom is 0.250 e. The number of rotatable bonds is 3. The number of nitrogen functional groups attached to an aromatic ring is 1. The van der Waals surface area contributed by atoms with E-state index in [1.54, 1.807) is 6.07 Å². The summed E-state index contributed by atoms with van der Waals surface area (Å²) in [7, 11) is 0. The lowest BCUT2D eigenvalue weighted by Crippen LogP contribution is -2.29. The van der Waals surface area contributed by atoms with Crippen LogP contribution in [0.3, 0.4) is 0 Å². The molecule has 5 N–H and O–H groups in total. The Morgan fingerprint density at radius 1 is 1.39 bits per heavy atom. The fraction of sp³-hybridized carbons (Fsp3) is 0.417. The molecular weight excluding hydrogens is 254 g/mol. The van der Waals surface area contributed by atoms with Crippen molar-refractivity contribution in [3.05, 3.63) is 22.7 Å². The molecule has 98 valence electrons. The summed E-state index contributed by atoms with van der Waals surface area (Å²) in [5.41, 5.74) is 12.3. The number of halogens is 1. The zero-order chi connectivity index (χ0) is 13.1. The van der Waals surface area contributed by atoms with Gasteiger partial charge in [-0.15, -0.1) is 0 Å². The molecule has 0 bridgehead atoms. The van der Waals surface area contributed by atoms with Crippen molar-refractivity contribution in [3.8, 4) is 0 Å². The normalized spacial score (nSPS) is 16.5. The molecule has 0 unspecified atom stereocenters. The lowest BCUT2D eigenvalue weighted by molar-refractivity contribution is 0.0904. The third-order valence-electron chi connectivity index (χ3n) is 2.95. The van der Waals surface area contributed by atoms with Crippen LogP contribution in [0, 0.1) is 0 Å². The SMILES string of the molecule is NC(=O)c1cc(N)cc(Cl)c1NC1CCOCC1. The fourth-order valence-electron chi connectivity index (χ4n) is 2.01. The molecule has 18 heavy (non-hydrogen) atoms. The van der Waals surface area contributed by atoms with Gasteiger partial charge in [-0.1, -0.05) is 11.6 Å². The number of nitrogens with one attached hydrogen (secondary N) is 1. The van der Waals surface area contributed by atoms with E-state index in [2.05, 4.69) is 5.32 Å². The van der Waals surface area contributed by atoms with Crippen LogP contribution in [0.15, 0.2) is 12.1 Å². The van der Waals surface area contributed by atoms with Crippen LogP contribution in [0.4, 0.5) is 11.4 Å². The molecule has 1 aliphatic heterocycles. The molecule has 1 amide bonds. The second-order valence-corrected chi connectivity index (χ2v) is 4.73. The first kappa shape index (κ1) is 13.0. The quantitative estimate of drug-likeness (QED) is 0.727. The summed E-state index contributed by atoms with van der Waals surface area (Å²) >= 11 is 6.12. The number of hydrogen-bond donors (Lipinski definition) is 3. The molecular formula is C12H16ClN3O2. The lowest BCUT2D eigenvalue weighted by atomic mass is 10.1. The Bertz CT molecular complexity index is 459. The highest BCUT2D eigenvalue weighted by Gasteiger charge is 2.19. The van der Waals surface area contributed by atoms with E-state index in [1.807, 2.05) is 0 Å². The Morgan fingerprint density at radius 2 is 2.06 bits per heavy atom. The van der Waals surface area contributed by atoms with E-state index in [9.17, 15) is 4.79 Å². The van der Waals surface area contributed by atoms with Crippen molar-refractivity contribution in [3.63, 3.8) is 0 Å². The highest BCUT2D eigenvalue weighted by Crippen LogP contribution is 2.30. The van der Waals surface area contributed by atoms with Gasteiger partial charge >= 0.3 is 0 Å². The number of amides is 1. The van der Waals surface area contributed by atoms with Crippen LogP contribution in [0.25, 0.3) is 0 Å². The van der Waals surface area contributed by atoms with Crippen molar-refractivity contribution in [2.24, 2.45) is 5.73 Å². The molecule has 1 aromatic rings. The van der Waals surface area contributed by atoms with Crippen molar-refractivity contribution in [1.82, 2.24) is 0 Å². The standard InChI is InChI=1S/C12H16ClN3O2/c13-10-6-7(14)5-9(12(15)17)11(10)16-8-1-3-18-4-2-8/h5-6,8,16H,1-4,14H2,(H2,15,17). The monoisotopic (exact) mass is 269 g/mol. The van der Waals surface area contributed by atoms with E-state index >= 15 is 0 Å². The van der Waals surface area contributed by atoms with E-state index < -0.39 is 5.91 Å². The maximum absolute atomic E-state index is 11.4. The number of benzene rings is 1. The van der Waals surface area contributed by atoms with E-state index in [0.29, 0.717) is 35.2 Å². The predicted molar refractivity (Wildman–Crippen MR) is 71.8 cm³/mol. The molecule has 0 saturated carbocycles. The minimum Gasteiger partial charge on any atom is -0.399 e. The Hall–Kier alpha value is -1.46. The Labute approximate surface area is 110 Å². The van der Waals surface area contributed by atoms with E-state index in [-0.39, 0.29) is 6.04 Å². The van der Waals surface area contributed by atoms with Crippen LogP contribution in [-0.4, -0.2) is 25.2 Å². The molecule has 0 aromatic heterocycles. The van der Waals surface area contributed by atoms with Crippen molar-refractivity contribution in [1.29, 1.82) is 0 Å². The Kier molecular flexibility index (Phi) is 3.93. The van der Waals surface area contributed by atoms with E-state index in [4.69, 9.17) is 27.8 Å². The second-order valence-electron chi connectivity index (χ2n) is 4.32. The zero-order valence-corrected chi connectivity index (χ0v) is 10.7. The second kappa shape index (κ2) is 5.46. The van der Waals surface area contributed by atoms with Gasteiger partial charge in [-0.2, -0.15) is 0 Å². The number of primary amides is 1. The molecule has 2 rings (SSSR count). The summed E-state index contributed by atoms with van der Waals surface area (Å²) in [4.78, 5) is 11.4. The van der Waals surface area contributed by atoms with Gasteiger partial charge in [0.1, 0.15) is 0 Å². The summed E-state index contributed by atoms with van der Waals surface area (Å²) in [6.07, 6.45) is 1.75. The van der Waals surface area contributed by atoms with Gasteiger partial charge < -0.3 is 21.5 Å². The molecule has 1 heterocycles. The average molecular weight is 270 g/mol. The van der Waals surface area contributed by atoms with Gasteiger partial charge in [-0.3, -0.25) is 4.79 Å². The van der Waals surface area contributed by atoms with Crippen LogP contribution in [0.5, 0.6) is 0 Å². The minimum absolute atomic E-state index is 0.234. The molecule has 5 nitrogen and oxygen atoms in total. The molecule has 1 aliphatic rings. The number of anilines is 2. The third-order valence-corrected chi connectivity index (χ3v) is 3.25. The Morgan fingerprint density at radius 3 is 2.67 bits per heavy atom. The number of carbonyl (C=O) groups is 1.